The van der Waals surface area contributed by atoms with Crippen LogP contribution in [-0.2, 0) is 0 Å². The van der Waals surface area contributed by atoms with Crippen LogP contribution < -0.4 is 5.43 Å². The third kappa shape index (κ3) is 2.06. The average Bonchev–Trinajstić information content (AvgIpc) is 2.40. The predicted molar refractivity (Wildman–Crippen MR) is 80.6 cm³/mol. The number of fused-ring (bicyclic) bond motifs is 1. The molecule has 0 unspecified atom stereocenters. The summed E-state index contributed by atoms with van der Waals surface area (Å²) in [4.78, 5) is 12.1. The van der Waals surface area contributed by atoms with Crippen molar-refractivity contribution >= 4 is 33.6 Å². The fraction of sp³-hybridized carbons (Fsp3) is 0. The van der Waals surface area contributed by atoms with Crippen molar-refractivity contribution in [3.8, 4) is 11.3 Å². The Morgan fingerprint density at radius 1 is 0.944 bits per heavy atom. The molecule has 0 N–H and O–H groups in total. The van der Waals surface area contributed by atoms with Gasteiger partial charge >= 0.3 is 0 Å². The van der Waals surface area contributed by atoms with Crippen LogP contribution in [0, 0.1) is 3.57 Å². The first-order valence-electron chi connectivity index (χ1n) is 5.53. The lowest BCUT2D eigenvalue weighted by Gasteiger charge is -2.03. The highest BCUT2D eigenvalue weighted by Gasteiger charge is 2.06. The Morgan fingerprint density at radius 2 is 1.72 bits per heavy atom. The maximum absolute atomic E-state index is 12.1. The van der Waals surface area contributed by atoms with Crippen LogP contribution in [-0.4, -0.2) is 0 Å². The Labute approximate surface area is 117 Å². The van der Waals surface area contributed by atoms with Gasteiger partial charge in [0.1, 0.15) is 11.3 Å². The third-order valence-electron chi connectivity index (χ3n) is 2.75. The molecule has 2 nitrogen and oxygen atoms in total. The summed E-state index contributed by atoms with van der Waals surface area (Å²) < 4.78 is 6.81. The second-order valence-corrected chi connectivity index (χ2v) is 5.23. The number of halogens is 1. The van der Waals surface area contributed by atoms with E-state index in [4.69, 9.17) is 4.42 Å². The van der Waals surface area contributed by atoms with Crippen LogP contribution >= 0.6 is 22.6 Å². The summed E-state index contributed by atoms with van der Waals surface area (Å²) in [5.41, 5.74) is 1.53. The Balaban J connectivity index is 2.29. The zero-order valence-corrected chi connectivity index (χ0v) is 11.5. The molecule has 0 radical (unpaired) electrons. The van der Waals surface area contributed by atoms with Crippen LogP contribution in [0.4, 0.5) is 0 Å². The quantitative estimate of drug-likeness (QED) is 0.618. The third-order valence-corrected chi connectivity index (χ3v) is 3.42. The van der Waals surface area contributed by atoms with Gasteiger partial charge in [0, 0.05) is 15.2 Å². The summed E-state index contributed by atoms with van der Waals surface area (Å²) in [6.45, 7) is 0. The van der Waals surface area contributed by atoms with E-state index < -0.39 is 0 Å². The Bertz CT molecular complexity index is 760. The van der Waals surface area contributed by atoms with E-state index in [1.165, 1.54) is 0 Å². The molecule has 1 heterocycles. The first-order chi connectivity index (χ1) is 8.74. The lowest BCUT2D eigenvalue weighted by molar-refractivity contribution is 0.619. The fourth-order valence-electron chi connectivity index (χ4n) is 1.87. The molecular weight excluding hydrogens is 343 g/mol. The van der Waals surface area contributed by atoms with Crippen molar-refractivity contribution in [1.29, 1.82) is 0 Å². The van der Waals surface area contributed by atoms with E-state index in [1.807, 2.05) is 48.5 Å². The highest BCUT2D eigenvalue weighted by molar-refractivity contribution is 14.1. The fourth-order valence-corrected chi connectivity index (χ4v) is 2.36. The molecule has 3 aromatic rings. The van der Waals surface area contributed by atoms with E-state index in [9.17, 15) is 4.79 Å². The van der Waals surface area contributed by atoms with Gasteiger partial charge in [-0.3, -0.25) is 4.79 Å². The normalized spacial score (nSPS) is 10.7. The molecule has 0 spiro atoms. The number of hydrogen-bond donors (Lipinski definition) is 0. The molecular formula is C15H9IO2. The molecule has 0 saturated carbocycles. The van der Waals surface area contributed by atoms with Gasteiger partial charge in [-0.15, -0.1) is 0 Å². The first kappa shape index (κ1) is 11.5. The summed E-state index contributed by atoms with van der Waals surface area (Å²) in [6, 6.07) is 16.8. The molecule has 0 amide bonds. The van der Waals surface area contributed by atoms with E-state index in [0.29, 0.717) is 16.7 Å². The number of benzene rings is 2. The van der Waals surface area contributed by atoms with Crippen molar-refractivity contribution in [2.75, 3.05) is 0 Å². The zero-order chi connectivity index (χ0) is 12.5. The summed E-state index contributed by atoms with van der Waals surface area (Å²) >= 11 is 2.18. The van der Waals surface area contributed by atoms with Gasteiger partial charge in [0.2, 0.25) is 0 Å². The molecule has 3 rings (SSSR count). The minimum Gasteiger partial charge on any atom is -0.456 e. The summed E-state index contributed by atoms with van der Waals surface area (Å²) in [6.07, 6.45) is 0. The van der Waals surface area contributed by atoms with Gasteiger partial charge in [0.15, 0.2) is 5.43 Å². The van der Waals surface area contributed by atoms with E-state index in [0.717, 1.165) is 9.13 Å². The predicted octanol–water partition coefficient (Wildman–Crippen LogP) is 4.06. The molecule has 2 aromatic carbocycles. The molecule has 0 aliphatic carbocycles. The SMILES string of the molecule is O=c1cc(-c2ccccc2)oc2ccc([131I])cc12. The molecule has 0 aliphatic heterocycles. The molecule has 88 valence electrons. The van der Waals surface area contributed by atoms with Crippen LogP contribution in [0.25, 0.3) is 22.3 Å². The molecule has 1 aromatic heterocycles. The van der Waals surface area contributed by atoms with E-state index in [2.05, 4.69) is 22.6 Å². The molecule has 0 atom stereocenters. The van der Waals surface area contributed by atoms with Crippen molar-refractivity contribution in [3.63, 3.8) is 0 Å². The highest BCUT2D eigenvalue weighted by Crippen LogP contribution is 2.22. The Hall–Kier alpha value is -1.62. The topological polar surface area (TPSA) is 30.2 Å². The minimum absolute atomic E-state index is 0.00591. The molecule has 0 aliphatic rings. The van der Waals surface area contributed by atoms with Gasteiger partial charge in [-0.05, 0) is 40.8 Å². The van der Waals surface area contributed by atoms with Crippen molar-refractivity contribution in [2.24, 2.45) is 0 Å². The summed E-state index contributed by atoms with van der Waals surface area (Å²) in [5.74, 6) is 0.606. The maximum Gasteiger partial charge on any atom is 0.193 e. The molecule has 0 bridgehead atoms. The van der Waals surface area contributed by atoms with E-state index in [-0.39, 0.29) is 5.43 Å². The molecule has 0 saturated heterocycles. The van der Waals surface area contributed by atoms with E-state index >= 15 is 0 Å². The van der Waals surface area contributed by atoms with Crippen LogP contribution in [0.5, 0.6) is 0 Å². The summed E-state index contributed by atoms with van der Waals surface area (Å²) in [5, 5.41) is 0.626. The Kier molecular flexibility index (Phi) is 2.91. The molecule has 3 heteroatoms. The van der Waals surface area contributed by atoms with Crippen molar-refractivity contribution in [3.05, 3.63) is 68.4 Å². The second-order valence-electron chi connectivity index (χ2n) is 3.98. The lowest BCUT2D eigenvalue weighted by Crippen LogP contribution is -2.00. The second kappa shape index (κ2) is 4.57. The monoisotopic (exact) mass is 352 g/mol. The van der Waals surface area contributed by atoms with Crippen molar-refractivity contribution in [1.82, 2.24) is 0 Å². The highest BCUT2D eigenvalue weighted by atomic mass is 131. The van der Waals surface area contributed by atoms with Gasteiger partial charge in [-0.2, -0.15) is 0 Å². The smallest absolute Gasteiger partial charge is 0.193 e. The maximum atomic E-state index is 12.1. The Morgan fingerprint density at radius 3 is 2.50 bits per heavy atom. The van der Waals surface area contributed by atoms with Gasteiger partial charge in [-0.25, -0.2) is 0 Å². The van der Waals surface area contributed by atoms with Gasteiger partial charge in [-0.1, -0.05) is 30.3 Å². The van der Waals surface area contributed by atoms with Gasteiger partial charge in [0.05, 0.1) is 5.39 Å². The van der Waals surface area contributed by atoms with Crippen LogP contribution in [0.15, 0.2) is 63.8 Å². The zero-order valence-electron chi connectivity index (χ0n) is 9.39. The average molecular weight is 352 g/mol. The molecule has 18 heavy (non-hydrogen) atoms. The summed E-state index contributed by atoms with van der Waals surface area (Å²) in [7, 11) is 0. The van der Waals surface area contributed by atoms with Crippen LogP contribution in [0.1, 0.15) is 0 Å². The lowest BCUT2D eigenvalue weighted by atomic mass is 10.1. The molecule has 0 fully saturated rings. The number of hydrogen-bond acceptors (Lipinski definition) is 2. The van der Waals surface area contributed by atoms with Crippen LogP contribution in [0.3, 0.4) is 0 Å². The van der Waals surface area contributed by atoms with E-state index in [1.54, 1.807) is 6.07 Å². The largest absolute Gasteiger partial charge is 0.456 e. The minimum atomic E-state index is -0.00591. The van der Waals surface area contributed by atoms with Gasteiger partial charge < -0.3 is 4.42 Å². The van der Waals surface area contributed by atoms with Crippen LogP contribution in [0.2, 0.25) is 0 Å². The van der Waals surface area contributed by atoms with Crippen molar-refractivity contribution in [2.45, 2.75) is 0 Å². The number of rotatable bonds is 1. The first-order valence-corrected chi connectivity index (χ1v) is 6.61. The standard InChI is InChI=1S/C15H9IO2/c16-11-6-7-14-12(8-11)13(17)9-15(18-14)10-4-2-1-3-5-10/h1-9H/i16+4. The van der Waals surface area contributed by atoms with Crippen molar-refractivity contribution < 1.29 is 4.42 Å². The van der Waals surface area contributed by atoms with Gasteiger partial charge in [0.25, 0.3) is 0 Å².